The smallest absolute Gasteiger partial charge is 0.422 e. The molecule has 29 heavy (non-hydrogen) atoms. The fourth-order valence-electron chi connectivity index (χ4n) is 2.23. The van der Waals surface area contributed by atoms with E-state index in [1.54, 1.807) is 26.0 Å². The number of anilines is 1. The summed E-state index contributed by atoms with van der Waals surface area (Å²) in [6.45, 7) is 2.02. The van der Waals surface area contributed by atoms with Gasteiger partial charge in [0.2, 0.25) is 17.7 Å². The molecule has 11 heteroatoms. The number of carbonyl (C=O) groups is 2. The Hall–Kier alpha value is -3.24. The van der Waals surface area contributed by atoms with Gasteiger partial charge in [-0.25, -0.2) is 4.98 Å². The number of hydrogen-bond acceptors (Lipinski definition) is 6. The maximum atomic E-state index is 12.2. The van der Waals surface area contributed by atoms with Crippen molar-refractivity contribution in [2.45, 2.75) is 38.9 Å². The number of pyridine rings is 1. The summed E-state index contributed by atoms with van der Waals surface area (Å²) in [7, 11) is 0. The van der Waals surface area contributed by atoms with Crippen LogP contribution in [0.4, 0.5) is 19.0 Å². The third-order valence-corrected chi connectivity index (χ3v) is 3.67. The van der Waals surface area contributed by atoms with Crippen molar-refractivity contribution in [2.24, 2.45) is 0 Å². The lowest BCUT2D eigenvalue weighted by atomic mass is 10.1. The molecule has 2 aromatic rings. The first-order chi connectivity index (χ1) is 13.7. The van der Waals surface area contributed by atoms with E-state index in [9.17, 15) is 22.8 Å². The van der Waals surface area contributed by atoms with Gasteiger partial charge in [-0.15, -0.1) is 5.10 Å². The van der Waals surface area contributed by atoms with Gasteiger partial charge in [-0.1, -0.05) is 6.92 Å². The molecule has 156 valence electrons. The minimum atomic E-state index is -4.47. The maximum absolute atomic E-state index is 12.2. The monoisotopic (exact) mass is 411 g/mol. The van der Waals surface area contributed by atoms with E-state index in [1.807, 2.05) is 0 Å². The molecule has 2 amide bonds. The first-order valence-corrected chi connectivity index (χ1v) is 8.73. The quantitative estimate of drug-likeness (QED) is 0.692. The number of nitrogens with one attached hydrogen (secondary N) is 2. The van der Waals surface area contributed by atoms with Gasteiger partial charge in [0.1, 0.15) is 5.82 Å². The van der Waals surface area contributed by atoms with E-state index < -0.39 is 12.8 Å². The van der Waals surface area contributed by atoms with Crippen LogP contribution in [0, 0.1) is 0 Å². The largest absolute Gasteiger partial charge is 0.467 e. The van der Waals surface area contributed by atoms with Crippen LogP contribution in [0.1, 0.15) is 37.6 Å². The lowest BCUT2D eigenvalue weighted by Gasteiger charge is -2.15. The van der Waals surface area contributed by atoms with Crippen LogP contribution in [-0.4, -0.2) is 39.8 Å². The van der Waals surface area contributed by atoms with E-state index in [0.717, 1.165) is 5.56 Å². The average molecular weight is 411 g/mol. The molecule has 1 atom stereocenters. The van der Waals surface area contributed by atoms with Crippen LogP contribution in [0.3, 0.4) is 0 Å². The highest BCUT2D eigenvalue weighted by molar-refractivity contribution is 5.89. The minimum Gasteiger partial charge on any atom is -0.467 e. The first-order valence-electron chi connectivity index (χ1n) is 8.73. The molecule has 2 N–H and O–H groups in total. The minimum absolute atomic E-state index is 0.110. The van der Waals surface area contributed by atoms with Gasteiger partial charge < -0.3 is 15.4 Å². The summed E-state index contributed by atoms with van der Waals surface area (Å²) in [6, 6.07) is 5.58. The third kappa shape index (κ3) is 7.72. The molecule has 0 fully saturated rings. The van der Waals surface area contributed by atoms with Crippen molar-refractivity contribution in [3.8, 4) is 5.88 Å². The zero-order valence-corrected chi connectivity index (χ0v) is 15.8. The van der Waals surface area contributed by atoms with Crippen molar-refractivity contribution in [3.63, 3.8) is 0 Å². The number of hydrogen-bond donors (Lipinski definition) is 2. The number of carbonyl (C=O) groups excluding carboxylic acids is 2. The molecule has 0 bridgehead atoms. The number of ether oxygens (including phenoxy) is 1. The van der Waals surface area contributed by atoms with E-state index in [0.29, 0.717) is 12.2 Å². The summed E-state index contributed by atoms with van der Waals surface area (Å²) in [6.07, 6.45) is -2.74. The van der Waals surface area contributed by atoms with Crippen LogP contribution in [0.25, 0.3) is 0 Å². The predicted octanol–water partition coefficient (Wildman–Crippen LogP) is 2.58. The molecular weight excluding hydrogens is 391 g/mol. The number of amides is 2. The average Bonchev–Trinajstić information content (AvgIpc) is 2.66. The Morgan fingerprint density at radius 3 is 2.55 bits per heavy atom. The van der Waals surface area contributed by atoms with Crippen LogP contribution in [0.15, 0.2) is 30.5 Å². The Kier molecular flexibility index (Phi) is 7.46. The normalized spacial score (nSPS) is 12.2. The molecule has 2 aromatic heterocycles. The summed E-state index contributed by atoms with van der Waals surface area (Å²) >= 11 is 0. The second kappa shape index (κ2) is 9.80. The van der Waals surface area contributed by atoms with Gasteiger partial charge in [-0.2, -0.15) is 18.3 Å². The van der Waals surface area contributed by atoms with Gasteiger partial charge in [0.05, 0.1) is 18.2 Å². The molecule has 0 saturated heterocycles. The van der Waals surface area contributed by atoms with Gasteiger partial charge in [-0.05, 0) is 30.7 Å². The molecule has 8 nitrogen and oxygen atoms in total. The van der Waals surface area contributed by atoms with Crippen LogP contribution in [0.2, 0.25) is 0 Å². The second-order valence-corrected chi connectivity index (χ2v) is 6.11. The summed E-state index contributed by atoms with van der Waals surface area (Å²) in [5, 5.41) is 12.6. The summed E-state index contributed by atoms with van der Waals surface area (Å²) < 4.78 is 40.8. The van der Waals surface area contributed by atoms with Gasteiger partial charge in [0.15, 0.2) is 6.61 Å². The summed E-state index contributed by atoms with van der Waals surface area (Å²) in [4.78, 5) is 27.7. The van der Waals surface area contributed by atoms with E-state index in [1.165, 1.54) is 18.3 Å². The lowest BCUT2D eigenvalue weighted by molar-refractivity contribution is -0.154. The number of alkyl halides is 3. The Morgan fingerprint density at radius 1 is 1.17 bits per heavy atom. The molecule has 0 aromatic carbocycles. The standard InChI is InChI=1S/C18H20F3N5O3/c1-3-15(27)24-14-8-12(6-7-22-14)11(2)23-16(28)9-13-4-5-17(26-25-13)29-10-18(19,20)21/h4-8,11H,3,9-10H2,1-2H3,(H,23,28)(H,22,24,27). The van der Waals surface area contributed by atoms with Crippen molar-refractivity contribution in [3.05, 3.63) is 41.7 Å². The van der Waals surface area contributed by atoms with Gasteiger partial charge in [0, 0.05) is 18.7 Å². The van der Waals surface area contributed by atoms with Crippen molar-refractivity contribution in [1.82, 2.24) is 20.5 Å². The Bertz CT molecular complexity index is 843. The molecule has 2 rings (SSSR count). The van der Waals surface area contributed by atoms with Crippen LogP contribution >= 0.6 is 0 Å². The second-order valence-electron chi connectivity index (χ2n) is 6.11. The molecule has 0 saturated carbocycles. The summed E-state index contributed by atoms with van der Waals surface area (Å²) in [5.41, 5.74) is 1.02. The molecule has 0 aliphatic heterocycles. The Morgan fingerprint density at radius 2 is 1.93 bits per heavy atom. The molecule has 0 aliphatic carbocycles. The fourth-order valence-corrected chi connectivity index (χ4v) is 2.23. The van der Waals surface area contributed by atoms with E-state index >= 15 is 0 Å². The highest BCUT2D eigenvalue weighted by Gasteiger charge is 2.28. The van der Waals surface area contributed by atoms with E-state index in [2.05, 4.69) is 30.6 Å². The first kappa shape index (κ1) is 22.1. The van der Waals surface area contributed by atoms with Crippen molar-refractivity contribution in [2.75, 3.05) is 11.9 Å². The Balaban J connectivity index is 1.90. The predicted molar refractivity (Wildman–Crippen MR) is 97.0 cm³/mol. The maximum Gasteiger partial charge on any atom is 0.422 e. The van der Waals surface area contributed by atoms with Gasteiger partial charge in [0.25, 0.3) is 0 Å². The van der Waals surface area contributed by atoms with Crippen LogP contribution < -0.4 is 15.4 Å². The highest BCUT2D eigenvalue weighted by atomic mass is 19.4. The molecule has 0 spiro atoms. The van der Waals surface area contributed by atoms with Gasteiger partial charge >= 0.3 is 6.18 Å². The van der Waals surface area contributed by atoms with Crippen molar-refractivity contribution in [1.29, 1.82) is 0 Å². The van der Waals surface area contributed by atoms with Crippen molar-refractivity contribution >= 4 is 17.6 Å². The van der Waals surface area contributed by atoms with E-state index in [-0.39, 0.29) is 35.9 Å². The zero-order chi connectivity index (χ0) is 21.4. The number of halogens is 3. The fraction of sp³-hybridized carbons (Fsp3) is 0.389. The molecule has 1 unspecified atom stereocenters. The molecule has 0 aliphatic rings. The topological polar surface area (TPSA) is 106 Å². The third-order valence-electron chi connectivity index (χ3n) is 3.67. The number of nitrogens with zero attached hydrogens (tertiary/aromatic N) is 3. The van der Waals surface area contributed by atoms with E-state index in [4.69, 9.17) is 0 Å². The Labute approximate surface area is 164 Å². The number of rotatable bonds is 8. The van der Waals surface area contributed by atoms with Crippen molar-refractivity contribution < 1.29 is 27.5 Å². The highest BCUT2D eigenvalue weighted by Crippen LogP contribution is 2.17. The molecule has 2 heterocycles. The van der Waals surface area contributed by atoms with Crippen LogP contribution in [0.5, 0.6) is 5.88 Å². The lowest BCUT2D eigenvalue weighted by Crippen LogP contribution is -2.28. The number of aromatic nitrogens is 3. The SMILES string of the molecule is CCC(=O)Nc1cc(C(C)NC(=O)Cc2ccc(OCC(F)(F)F)nn2)ccn1. The van der Waals surface area contributed by atoms with Crippen LogP contribution in [-0.2, 0) is 16.0 Å². The van der Waals surface area contributed by atoms with Gasteiger partial charge in [-0.3, -0.25) is 9.59 Å². The molecular formula is C18H20F3N5O3. The molecule has 0 radical (unpaired) electrons. The zero-order valence-electron chi connectivity index (χ0n) is 15.8. The summed E-state index contributed by atoms with van der Waals surface area (Å²) in [5.74, 6) is -0.423.